The topological polar surface area (TPSA) is 17.8 Å². The number of hydrogen-bond acceptors (Lipinski definition) is 2. The average Bonchev–Trinajstić information content (AvgIpc) is 2.54. The molecule has 0 fully saturated rings. The van der Waals surface area contributed by atoms with Crippen LogP contribution in [-0.2, 0) is 0 Å². The fraction of sp³-hybridized carbons (Fsp3) is 0.100. The van der Waals surface area contributed by atoms with Crippen LogP contribution in [0.5, 0.6) is 0 Å². The van der Waals surface area contributed by atoms with E-state index in [1.165, 1.54) is 4.57 Å². The second kappa shape index (κ2) is 6.36. The molecule has 0 spiro atoms. The van der Waals surface area contributed by atoms with Crippen molar-refractivity contribution >= 4 is 62.5 Å². The van der Waals surface area contributed by atoms with E-state index in [-0.39, 0.29) is 42.4 Å². The maximum absolute atomic E-state index is 13.2. The fourth-order valence-corrected chi connectivity index (χ4v) is 3.44. The molecule has 10 heteroatoms. The Morgan fingerprint density at radius 2 is 1.75 bits per heavy atom. The molecule has 0 atom stereocenters. The molecule has 0 aliphatic carbocycles. The summed E-state index contributed by atoms with van der Waals surface area (Å²) in [4.78, 5) is 3.78. The predicted octanol–water partition coefficient (Wildman–Crippen LogP) is 6.05. The third-order valence-corrected chi connectivity index (χ3v) is 4.61. The van der Waals surface area contributed by atoms with E-state index in [9.17, 15) is 13.2 Å². The lowest BCUT2D eigenvalue weighted by Crippen LogP contribution is -2.01. The van der Waals surface area contributed by atoms with Crippen LogP contribution in [0.2, 0.25) is 15.2 Å². The molecule has 2 aromatic rings. The fourth-order valence-electron chi connectivity index (χ4n) is 1.46. The largest absolute Gasteiger partial charge is 0.291 e. The molecule has 0 N–H and O–H groups in total. The number of imidazole rings is 1. The third-order valence-electron chi connectivity index (χ3n) is 2.15. The zero-order valence-electron chi connectivity index (χ0n) is 9.18. The van der Waals surface area contributed by atoms with Gasteiger partial charge >= 0.3 is 0 Å². The van der Waals surface area contributed by atoms with Crippen LogP contribution in [0.15, 0.2) is 21.9 Å². The first-order chi connectivity index (χ1) is 9.31. The van der Waals surface area contributed by atoms with Crippen molar-refractivity contribution in [1.29, 1.82) is 0 Å². The lowest BCUT2D eigenvalue weighted by molar-refractivity contribution is 0.251. The first-order valence-electron chi connectivity index (χ1n) is 4.84. The Morgan fingerprint density at radius 1 is 1.20 bits per heavy atom. The zero-order chi connectivity index (χ0) is 15.0. The van der Waals surface area contributed by atoms with Crippen molar-refractivity contribution in [3.05, 3.63) is 37.8 Å². The first kappa shape index (κ1) is 16.3. The Labute approximate surface area is 139 Å². The summed E-state index contributed by atoms with van der Waals surface area (Å²) in [5.41, 5.74) is 0.115. The van der Waals surface area contributed by atoms with Crippen LogP contribution in [0.4, 0.5) is 13.2 Å². The van der Waals surface area contributed by atoms with Crippen LogP contribution >= 0.6 is 62.5 Å². The maximum Gasteiger partial charge on any atom is 0.291 e. The number of rotatable bonds is 3. The van der Waals surface area contributed by atoms with Crippen LogP contribution in [-0.4, -0.2) is 15.3 Å². The Balaban J connectivity index is 2.69. The van der Waals surface area contributed by atoms with Gasteiger partial charge in [-0.25, -0.2) is 9.37 Å². The molecule has 0 saturated carbocycles. The highest BCUT2D eigenvalue weighted by molar-refractivity contribution is 9.10. The second-order valence-electron chi connectivity index (χ2n) is 3.41. The molecule has 108 valence electrons. The molecular weight excluding hydrogens is 423 g/mol. The SMILES string of the molecule is Fc1cc(Cl)c(-n2c(SC(F)F)nc(Cl)c2Br)c(Cl)c1. The molecule has 0 unspecified atom stereocenters. The van der Waals surface area contributed by atoms with Gasteiger partial charge in [0.25, 0.3) is 5.76 Å². The first-order valence-corrected chi connectivity index (χ1v) is 7.65. The van der Waals surface area contributed by atoms with E-state index >= 15 is 0 Å². The van der Waals surface area contributed by atoms with Crippen LogP contribution < -0.4 is 0 Å². The highest BCUT2D eigenvalue weighted by atomic mass is 79.9. The zero-order valence-corrected chi connectivity index (χ0v) is 13.9. The Kier molecular flexibility index (Phi) is 5.18. The van der Waals surface area contributed by atoms with Gasteiger partial charge in [0.2, 0.25) is 0 Å². The number of alkyl halides is 2. The van der Waals surface area contributed by atoms with Crippen molar-refractivity contribution in [3.8, 4) is 5.69 Å². The van der Waals surface area contributed by atoms with E-state index in [1.54, 1.807) is 0 Å². The highest BCUT2D eigenvalue weighted by Crippen LogP contribution is 2.39. The molecule has 1 aromatic heterocycles. The van der Waals surface area contributed by atoms with E-state index in [2.05, 4.69) is 20.9 Å². The lowest BCUT2D eigenvalue weighted by atomic mass is 10.3. The Bertz CT molecular complexity index is 642. The van der Waals surface area contributed by atoms with E-state index in [0.29, 0.717) is 0 Å². The summed E-state index contributed by atoms with van der Waals surface area (Å²) in [5, 5.41) is -0.265. The number of hydrogen-bond donors (Lipinski definition) is 0. The molecule has 2 nitrogen and oxygen atoms in total. The van der Waals surface area contributed by atoms with Gasteiger partial charge in [0, 0.05) is 0 Å². The van der Waals surface area contributed by atoms with E-state index in [1.807, 2.05) is 0 Å². The lowest BCUT2D eigenvalue weighted by Gasteiger charge is -2.12. The summed E-state index contributed by atoms with van der Waals surface area (Å²) in [6.07, 6.45) is 0. The number of nitrogens with zero attached hydrogens (tertiary/aromatic N) is 2. The van der Waals surface area contributed by atoms with Gasteiger partial charge in [-0.05, 0) is 39.8 Å². The van der Waals surface area contributed by atoms with Gasteiger partial charge in [0.15, 0.2) is 10.3 Å². The van der Waals surface area contributed by atoms with Gasteiger partial charge in [-0.15, -0.1) is 0 Å². The molecule has 0 bridgehead atoms. The van der Waals surface area contributed by atoms with Crippen molar-refractivity contribution in [2.75, 3.05) is 0 Å². The molecule has 0 aliphatic heterocycles. The van der Waals surface area contributed by atoms with Crippen molar-refractivity contribution in [2.24, 2.45) is 0 Å². The average molecular weight is 426 g/mol. The molecule has 0 saturated heterocycles. The smallest absolute Gasteiger partial charge is 0.277 e. The monoisotopic (exact) mass is 424 g/mol. The van der Waals surface area contributed by atoms with Gasteiger partial charge in [-0.2, -0.15) is 8.78 Å². The normalized spacial score (nSPS) is 11.4. The van der Waals surface area contributed by atoms with E-state index < -0.39 is 11.6 Å². The summed E-state index contributed by atoms with van der Waals surface area (Å²) >= 11 is 20.9. The number of halogens is 7. The van der Waals surface area contributed by atoms with E-state index in [0.717, 1.165) is 12.1 Å². The van der Waals surface area contributed by atoms with Crippen molar-refractivity contribution < 1.29 is 13.2 Å². The quantitative estimate of drug-likeness (QED) is 0.556. The summed E-state index contributed by atoms with van der Waals surface area (Å²) in [5.74, 6) is -3.36. The molecule has 0 radical (unpaired) electrons. The van der Waals surface area contributed by atoms with Crippen molar-refractivity contribution in [3.63, 3.8) is 0 Å². The number of benzene rings is 1. The summed E-state index contributed by atoms with van der Waals surface area (Å²) in [6.45, 7) is 0. The molecule has 0 aliphatic rings. The van der Waals surface area contributed by atoms with Gasteiger partial charge in [-0.1, -0.05) is 34.8 Å². The van der Waals surface area contributed by atoms with Gasteiger partial charge in [0.1, 0.15) is 10.4 Å². The Morgan fingerprint density at radius 3 is 2.25 bits per heavy atom. The standard InChI is InChI=1S/C10H3BrCl3F3N2S/c11-7-8(14)18-10(20-9(16)17)19(7)6-4(12)1-3(15)2-5(6)13/h1-2,9H. The molecule has 1 aromatic carbocycles. The van der Waals surface area contributed by atoms with Gasteiger partial charge in [-0.3, -0.25) is 4.57 Å². The molecule has 0 amide bonds. The van der Waals surface area contributed by atoms with E-state index in [4.69, 9.17) is 34.8 Å². The summed E-state index contributed by atoms with van der Waals surface area (Å²) in [6, 6.07) is 2.03. The summed E-state index contributed by atoms with van der Waals surface area (Å²) in [7, 11) is 0. The predicted molar refractivity (Wildman–Crippen MR) is 78.1 cm³/mol. The number of aromatic nitrogens is 2. The second-order valence-corrected chi connectivity index (χ2v) is 6.29. The van der Waals surface area contributed by atoms with Crippen molar-refractivity contribution in [1.82, 2.24) is 9.55 Å². The molecule has 2 rings (SSSR count). The molecular formula is C10H3BrCl3F3N2S. The highest BCUT2D eigenvalue weighted by Gasteiger charge is 2.23. The van der Waals surface area contributed by atoms with Gasteiger partial charge in [0.05, 0.1) is 15.7 Å². The van der Waals surface area contributed by atoms with Gasteiger partial charge < -0.3 is 0 Å². The molecule has 20 heavy (non-hydrogen) atoms. The Hall–Kier alpha value is -0.0800. The minimum absolute atomic E-state index is 0.0374. The van der Waals surface area contributed by atoms with Crippen LogP contribution in [0.1, 0.15) is 0 Å². The third kappa shape index (κ3) is 3.22. The number of thioether (sulfide) groups is 1. The minimum atomic E-state index is -2.71. The van der Waals surface area contributed by atoms with Crippen LogP contribution in [0, 0.1) is 5.82 Å². The maximum atomic E-state index is 13.2. The van der Waals surface area contributed by atoms with Crippen LogP contribution in [0.25, 0.3) is 5.69 Å². The molecule has 1 heterocycles. The van der Waals surface area contributed by atoms with Crippen molar-refractivity contribution in [2.45, 2.75) is 10.9 Å². The summed E-state index contributed by atoms with van der Waals surface area (Å²) < 4.78 is 39.7. The minimum Gasteiger partial charge on any atom is -0.277 e. The van der Waals surface area contributed by atoms with Crippen LogP contribution in [0.3, 0.4) is 0 Å².